The summed E-state index contributed by atoms with van der Waals surface area (Å²) in [6.07, 6.45) is 0. The molecule has 0 radical (unpaired) electrons. The molecule has 0 bridgehead atoms. The number of nitrogens with one attached hydrogen (secondary N) is 1. The molecule has 6 heteroatoms. The molecule has 0 unspecified atom stereocenters. The normalized spacial score (nSPS) is 10.7. The number of aliphatic carboxylic acids is 1. The van der Waals surface area contributed by atoms with Gasteiger partial charge >= 0.3 is 12.0 Å². The molecule has 0 aliphatic heterocycles. The zero-order valence-electron chi connectivity index (χ0n) is 9.00. The highest BCUT2D eigenvalue weighted by atomic mass is 79.9. The highest BCUT2D eigenvalue weighted by molar-refractivity contribution is 9.11. The minimum Gasteiger partial charge on any atom is -0.480 e. The van der Waals surface area contributed by atoms with Crippen molar-refractivity contribution >= 4 is 27.9 Å². The molecule has 0 rings (SSSR count). The summed E-state index contributed by atoms with van der Waals surface area (Å²) in [5, 5.41) is 11.4. The summed E-state index contributed by atoms with van der Waals surface area (Å²) in [5.74, 6) is -1.06. The first-order valence-electron chi connectivity index (χ1n) is 4.28. The lowest BCUT2D eigenvalue weighted by Crippen LogP contribution is -2.54. The van der Waals surface area contributed by atoms with Crippen LogP contribution in [0.4, 0.5) is 4.79 Å². The Labute approximate surface area is 97.3 Å². The standard InChI is InChI=1S/C9H15BrN2O3/c1-6(10)5-11-8(15)12(4)9(2,3)7(13)14/h1,5H2,2-4H3,(H,11,15)(H,13,14). The Morgan fingerprint density at radius 3 is 2.33 bits per heavy atom. The molecule has 2 amide bonds. The van der Waals surface area contributed by atoms with Crippen molar-refractivity contribution in [2.75, 3.05) is 13.6 Å². The number of carbonyl (C=O) groups is 2. The minimum atomic E-state index is -1.24. The number of hydrogen-bond acceptors (Lipinski definition) is 2. The Kier molecular flexibility index (Phi) is 4.80. The van der Waals surface area contributed by atoms with Crippen LogP contribution in [-0.4, -0.2) is 41.1 Å². The number of carboxylic acid groups (broad SMARTS) is 1. The molecule has 5 nitrogen and oxygen atoms in total. The Morgan fingerprint density at radius 1 is 1.53 bits per heavy atom. The topological polar surface area (TPSA) is 69.6 Å². The molecule has 0 aromatic rings. The molecule has 15 heavy (non-hydrogen) atoms. The van der Waals surface area contributed by atoms with Crippen molar-refractivity contribution in [3.63, 3.8) is 0 Å². The highest BCUT2D eigenvalue weighted by Gasteiger charge is 2.35. The summed E-state index contributed by atoms with van der Waals surface area (Å²) in [6, 6.07) is -0.456. The van der Waals surface area contributed by atoms with E-state index < -0.39 is 17.5 Å². The lowest BCUT2D eigenvalue weighted by atomic mass is 10.1. The van der Waals surface area contributed by atoms with Crippen LogP contribution in [0.3, 0.4) is 0 Å². The van der Waals surface area contributed by atoms with Crippen LogP contribution in [0.25, 0.3) is 0 Å². The third-order valence-corrected chi connectivity index (χ3v) is 2.38. The van der Waals surface area contributed by atoms with Crippen LogP contribution in [0, 0.1) is 0 Å². The van der Waals surface area contributed by atoms with Crippen LogP contribution < -0.4 is 5.32 Å². The quantitative estimate of drug-likeness (QED) is 0.817. The molecule has 0 fully saturated rings. The maximum atomic E-state index is 11.5. The predicted octanol–water partition coefficient (Wildman–Crippen LogP) is 1.40. The third-order valence-electron chi connectivity index (χ3n) is 2.10. The van der Waals surface area contributed by atoms with E-state index in [1.54, 1.807) is 0 Å². The molecule has 0 atom stereocenters. The zero-order chi connectivity index (χ0) is 12.2. The number of carboxylic acids is 1. The Morgan fingerprint density at radius 2 is 2.00 bits per heavy atom. The second kappa shape index (κ2) is 5.16. The van der Waals surface area contributed by atoms with Gasteiger partial charge in [0.15, 0.2) is 0 Å². The number of likely N-dealkylation sites (N-methyl/N-ethyl adjacent to an activating group) is 1. The summed E-state index contributed by atoms with van der Waals surface area (Å²) in [7, 11) is 1.43. The van der Waals surface area contributed by atoms with Gasteiger partial charge in [-0.2, -0.15) is 0 Å². The van der Waals surface area contributed by atoms with Crippen LogP contribution in [0.15, 0.2) is 11.1 Å². The maximum absolute atomic E-state index is 11.5. The lowest BCUT2D eigenvalue weighted by Gasteiger charge is -2.31. The Balaban J connectivity index is 4.44. The van der Waals surface area contributed by atoms with Crippen molar-refractivity contribution in [2.45, 2.75) is 19.4 Å². The third kappa shape index (κ3) is 3.91. The van der Waals surface area contributed by atoms with Gasteiger partial charge in [-0.15, -0.1) is 0 Å². The van der Waals surface area contributed by atoms with Gasteiger partial charge in [0.25, 0.3) is 0 Å². The van der Waals surface area contributed by atoms with E-state index in [-0.39, 0.29) is 6.54 Å². The van der Waals surface area contributed by atoms with Crippen LogP contribution in [0.2, 0.25) is 0 Å². The van der Waals surface area contributed by atoms with Gasteiger partial charge in [0.2, 0.25) is 0 Å². The summed E-state index contributed by atoms with van der Waals surface area (Å²) in [6.45, 7) is 6.73. The van der Waals surface area contributed by atoms with Crippen molar-refractivity contribution < 1.29 is 14.7 Å². The molecule has 0 saturated carbocycles. The first-order chi connectivity index (χ1) is 6.69. The van der Waals surface area contributed by atoms with E-state index >= 15 is 0 Å². The SMILES string of the molecule is C=C(Br)CNC(=O)N(C)C(C)(C)C(=O)O. The van der Waals surface area contributed by atoms with E-state index in [0.29, 0.717) is 4.48 Å². The molecule has 86 valence electrons. The molecule has 0 aromatic carbocycles. The van der Waals surface area contributed by atoms with Crippen molar-refractivity contribution in [3.8, 4) is 0 Å². The van der Waals surface area contributed by atoms with E-state index in [0.717, 1.165) is 4.90 Å². The minimum absolute atomic E-state index is 0.263. The van der Waals surface area contributed by atoms with Gasteiger partial charge in [-0.3, -0.25) is 0 Å². The van der Waals surface area contributed by atoms with Gasteiger partial charge in [-0.1, -0.05) is 22.5 Å². The summed E-state index contributed by atoms with van der Waals surface area (Å²) < 4.78 is 0.623. The number of rotatable bonds is 4. The number of hydrogen-bond donors (Lipinski definition) is 2. The monoisotopic (exact) mass is 278 g/mol. The Bertz CT molecular complexity index is 289. The van der Waals surface area contributed by atoms with Gasteiger partial charge in [0.05, 0.1) is 6.54 Å². The fraction of sp³-hybridized carbons (Fsp3) is 0.556. The molecular formula is C9H15BrN2O3. The first kappa shape index (κ1) is 14.0. The lowest BCUT2D eigenvalue weighted by molar-refractivity contribution is -0.146. The summed E-state index contributed by atoms with van der Waals surface area (Å²) in [5.41, 5.74) is -1.24. The van der Waals surface area contributed by atoms with Gasteiger partial charge in [-0.25, -0.2) is 9.59 Å². The fourth-order valence-corrected chi connectivity index (χ4v) is 0.828. The smallest absolute Gasteiger partial charge is 0.329 e. The van der Waals surface area contributed by atoms with Crippen LogP contribution >= 0.6 is 15.9 Å². The van der Waals surface area contributed by atoms with Crippen molar-refractivity contribution in [2.24, 2.45) is 0 Å². The van der Waals surface area contributed by atoms with Gasteiger partial charge < -0.3 is 15.3 Å². The molecule has 0 aliphatic carbocycles. The molecule has 0 spiro atoms. The average Bonchev–Trinajstić information content (AvgIpc) is 2.12. The van der Waals surface area contributed by atoms with Gasteiger partial charge in [0.1, 0.15) is 5.54 Å². The molecule has 0 heterocycles. The average molecular weight is 279 g/mol. The van der Waals surface area contributed by atoms with Gasteiger partial charge in [-0.05, 0) is 13.8 Å². The van der Waals surface area contributed by atoms with E-state index in [9.17, 15) is 9.59 Å². The van der Waals surface area contributed by atoms with E-state index in [2.05, 4.69) is 27.8 Å². The number of nitrogens with zero attached hydrogens (tertiary/aromatic N) is 1. The second-order valence-corrected chi connectivity index (χ2v) is 4.72. The van der Waals surface area contributed by atoms with E-state index in [4.69, 9.17) is 5.11 Å². The van der Waals surface area contributed by atoms with Crippen molar-refractivity contribution in [1.82, 2.24) is 10.2 Å². The van der Waals surface area contributed by atoms with Crippen molar-refractivity contribution in [1.29, 1.82) is 0 Å². The van der Waals surface area contributed by atoms with Crippen LogP contribution in [-0.2, 0) is 4.79 Å². The largest absolute Gasteiger partial charge is 0.480 e. The number of amides is 2. The van der Waals surface area contributed by atoms with E-state index in [1.807, 2.05) is 0 Å². The number of carbonyl (C=O) groups excluding carboxylic acids is 1. The number of urea groups is 1. The molecule has 0 saturated heterocycles. The maximum Gasteiger partial charge on any atom is 0.329 e. The predicted molar refractivity (Wildman–Crippen MR) is 60.9 cm³/mol. The molecule has 2 N–H and O–H groups in total. The van der Waals surface area contributed by atoms with E-state index in [1.165, 1.54) is 20.9 Å². The summed E-state index contributed by atoms with van der Waals surface area (Å²) in [4.78, 5) is 23.5. The summed E-state index contributed by atoms with van der Waals surface area (Å²) >= 11 is 3.09. The fourth-order valence-electron chi connectivity index (χ4n) is 0.687. The zero-order valence-corrected chi connectivity index (χ0v) is 10.6. The number of halogens is 1. The molecule has 0 aromatic heterocycles. The van der Waals surface area contributed by atoms with Gasteiger partial charge in [0, 0.05) is 11.5 Å². The van der Waals surface area contributed by atoms with Crippen LogP contribution in [0.5, 0.6) is 0 Å². The highest BCUT2D eigenvalue weighted by Crippen LogP contribution is 2.12. The Hall–Kier alpha value is -1.04. The first-order valence-corrected chi connectivity index (χ1v) is 5.07. The second-order valence-electron chi connectivity index (χ2n) is 3.60. The van der Waals surface area contributed by atoms with Crippen LogP contribution in [0.1, 0.15) is 13.8 Å². The molecular weight excluding hydrogens is 264 g/mol. The molecule has 0 aliphatic rings. The van der Waals surface area contributed by atoms with Crippen molar-refractivity contribution in [3.05, 3.63) is 11.1 Å².